The summed E-state index contributed by atoms with van der Waals surface area (Å²) in [4.78, 5) is 0. The van der Waals surface area contributed by atoms with Crippen molar-refractivity contribution >= 4 is 10.0 Å². The molecular formula is C15H19NO4S. The Kier molecular flexibility index (Phi) is 5.17. The molecule has 2 aromatic rings. The molecule has 1 heterocycles. The largest absolute Gasteiger partial charge is 0.467 e. The van der Waals surface area contributed by atoms with Gasteiger partial charge in [-0.1, -0.05) is 30.3 Å². The van der Waals surface area contributed by atoms with E-state index in [1.807, 2.05) is 6.07 Å². The van der Waals surface area contributed by atoms with E-state index < -0.39 is 16.1 Å². The molecule has 21 heavy (non-hydrogen) atoms. The maximum absolute atomic E-state index is 12.1. The highest BCUT2D eigenvalue weighted by molar-refractivity contribution is 7.88. The van der Waals surface area contributed by atoms with Gasteiger partial charge in [-0.3, -0.25) is 0 Å². The number of aliphatic hydroxyl groups excluding tert-OH is 1. The van der Waals surface area contributed by atoms with Crippen molar-refractivity contribution in [3.8, 4) is 0 Å². The van der Waals surface area contributed by atoms with Gasteiger partial charge in [0.1, 0.15) is 11.9 Å². The molecule has 0 fully saturated rings. The fourth-order valence-corrected chi connectivity index (χ4v) is 3.55. The Morgan fingerprint density at radius 3 is 2.52 bits per heavy atom. The van der Waals surface area contributed by atoms with Crippen LogP contribution in [0.1, 0.15) is 30.8 Å². The van der Waals surface area contributed by atoms with Crippen molar-refractivity contribution < 1.29 is 17.9 Å². The van der Waals surface area contributed by atoms with Gasteiger partial charge in [-0.05, 0) is 31.0 Å². The van der Waals surface area contributed by atoms with E-state index in [9.17, 15) is 13.5 Å². The summed E-state index contributed by atoms with van der Waals surface area (Å²) in [6, 6.07) is 11.9. The van der Waals surface area contributed by atoms with Crippen molar-refractivity contribution in [2.75, 3.05) is 0 Å². The molecule has 0 radical (unpaired) electrons. The Hall–Kier alpha value is -1.63. The van der Waals surface area contributed by atoms with Gasteiger partial charge in [-0.15, -0.1) is 0 Å². The molecule has 0 unspecified atom stereocenters. The summed E-state index contributed by atoms with van der Waals surface area (Å²) in [6.45, 7) is 1.72. The van der Waals surface area contributed by atoms with E-state index in [0.717, 1.165) is 5.56 Å². The van der Waals surface area contributed by atoms with Gasteiger partial charge in [0.05, 0.1) is 12.0 Å². The molecule has 0 saturated heterocycles. The van der Waals surface area contributed by atoms with Crippen LogP contribution in [-0.2, 0) is 15.8 Å². The van der Waals surface area contributed by atoms with Crippen molar-refractivity contribution in [1.29, 1.82) is 0 Å². The zero-order valence-corrected chi connectivity index (χ0v) is 12.6. The molecule has 1 aromatic heterocycles. The van der Waals surface area contributed by atoms with E-state index in [1.54, 1.807) is 43.3 Å². The Labute approximate surface area is 124 Å². The van der Waals surface area contributed by atoms with Crippen LogP contribution in [0.2, 0.25) is 0 Å². The molecular weight excluding hydrogens is 290 g/mol. The van der Waals surface area contributed by atoms with Crippen LogP contribution >= 0.6 is 0 Å². The Balaban J connectivity index is 1.90. The minimum Gasteiger partial charge on any atom is -0.467 e. The van der Waals surface area contributed by atoms with Crippen molar-refractivity contribution in [3.05, 3.63) is 60.1 Å². The summed E-state index contributed by atoms with van der Waals surface area (Å²) in [5.74, 6) is 0.360. The van der Waals surface area contributed by atoms with Crippen LogP contribution < -0.4 is 4.72 Å². The molecule has 0 saturated carbocycles. The summed E-state index contributed by atoms with van der Waals surface area (Å²) in [6.07, 6.45) is 0.902. The molecule has 0 aliphatic rings. The number of sulfonamides is 1. The number of rotatable bonds is 7. The summed E-state index contributed by atoms with van der Waals surface area (Å²) in [7, 11) is -3.44. The van der Waals surface area contributed by atoms with E-state index in [-0.39, 0.29) is 18.2 Å². The van der Waals surface area contributed by atoms with E-state index in [2.05, 4.69) is 4.72 Å². The standard InChI is InChI=1S/C15H19NO4S/c1-12(10-14(17)15-8-5-9-20-15)16-21(18,19)11-13-6-3-2-4-7-13/h2-9,12,14,16-17H,10-11H2,1H3/t12-,14-/m0/s1. The first-order valence-corrected chi connectivity index (χ1v) is 8.37. The predicted molar refractivity (Wildman–Crippen MR) is 79.9 cm³/mol. The topological polar surface area (TPSA) is 79.5 Å². The van der Waals surface area contributed by atoms with Gasteiger partial charge in [-0.25, -0.2) is 13.1 Å². The zero-order valence-electron chi connectivity index (χ0n) is 11.8. The van der Waals surface area contributed by atoms with Crippen molar-refractivity contribution in [2.45, 2.75) is 31.2 Å². The third kappa shape index (κ3) is 5.00. The smallest absolute Gasteiger partial charge is 0.216 e. The lowest BCUT2D eigenvalue weighted by Crippen LogP contribution is -2.34. The molecule has 5 nitrogen and oxygen atoms in total. The molecule has 0 bridgehead atoms. The van der Waals surface area contributed by atoms with Crippen LogP contribution in [0, 0.1) is 0 Å². The molecule has 2 N–H and O–H groups in total. The summed E-state index contributed by atoms with van der Waals surface area (Å²) >= 11 is 0. The predicted octanol–water partition coefficient (Wildman–Crippen LogP) is 2.21. The van der Waals surface area contributed by atoms with Gasteiger partial charge in [-0.2, -0.15) is 0 Å². The highest BCUT2D eigenvalue weighted by Gasteiger charge is 2.19. The molecule has 6 heteroatoms. The molecule has 114 valence electrons. The molecule has 0 amide bonds. The second kappa shape index (κ2) is 6.89. The number of benzene rings is 1. The number of nitrogens with one attached hydrogen (secondary N) is 1. The van der Waals surface area contributed by atoms with Crippen molar-refractivity contribution in [1.82, 2.24) is 4.72 Å². The quantitative estimate of drug-likeness (QED) is 0.822. The Morgan fingerprint density at radius 1 is 1.19 bits per heavy atom. The molecule has 0 aliphatic carbocycles. The highest BCUT2D eigenvalue weighted by Crippen LogP contribution is 2.19. The maximum Gasteiger partial charge on any atom is 0.216 e. The van der Waals surface area contributed by atoms with Crippen LogP contribution in [0.15, 0.2) is 53.1 Å². The lowest BCUT2D eigenvalue weighted by atomic mass is 10.1. The Bertz CT molecular complexity index is 638. The number of furan rings is 1. The van der Waals surface area contributed by atoms with E-state index in [4.69, 9.17) is 4.42 Å². The first-order chi connectivity index (χ1) is 9.96. The minimum absolute atomic E-state index is 0.0744. The molecule has 1 aromatic carbocycles. The van der Waals surface area contributed by atoms with Crippen LogP contribution in [0.5, 0.6) is 0 Å². The normalized spacial score (nSPS) is 14.8. The lowest BCUT2D eigenvalue weighted by molar-refractivity contribution is 0.132. The Morgan fingerprint density at radius 2 is 1.90 bits per heavy atom. The van der Waals surface area contributed by atoms with Crippen molar-refractivity contribution in [2.24, 2.45) is 0 Å². The van der Waals surface area contributed by atoms with Crippen LogP contribution in [0.25, 0.3) is 0 Å². The number of hydrogen-bond donors (Lipinski definition) is 2. The summed E-state index contributed by atoms with van der Waals surface area (Å²) in [5, 5.41) is 9.94. The van der Waals surface area contributed by atoms with Gasteiger partial charge in [0.25, 0.3) is 0 Å². The fraction of sp³-hybridized carbons (Fsp3) is 0.333. The lowest BCUT2D eigenvalue weighted by Gasteiger charge is -2.16. The fourth-order valence-electron chi connectivity index (χ4n) is 2.12. The van der Waals surface area contributed by atoms with Gasteiger partial charge in [0.15, 0.2) is 0 Å². The molecule has 2 atom stereocenters. The third-order valence-corrected chi connectivity index (χ3v) is 4.50. The average Bonchev–Trinajstić information content (AvgIpc) is 2.92. The zero-order chi connectivity index (χ0) is 15.3. The highest BCUT2D eigenvalue weighted by atomic mass is 32.2. The SMILES string of the molecule is C[C@@H](C[C@H](O)c1ccco1)NS(=O)(=O)Cc1ccccc1. The second-order valence-electron chi connectivity index (χ2n) is 5.03. The summed E-state index contributed by atoms with van der Waals surface area (Å²) in [5.41, 5.74) is 0.726. The van der Waals surface area contributed by atoms with Gasteiger partial charge >= 0.3 is 0 Å². The van der Waals surface area contributed by atoms with Gasteiger partial charge < -0.3 is 9.52 Å². The molecule has 2 rings (SSSR count). The average molecular weight is 309 g/mol. The van der Waals surface area contributed by atoms with E-state index in [1.165, 1.54) is 6.26 Å². The summed E-state index contributed by atoms with van der Waals surface area (Å²) < 4.78 is 31.8. The second-order valence-corrected chi connectivity index (χ2v) is 6.78. The van der Waals surface area contributed by atoms with Gasteiger partial charge in [0.2, 0.25) is 10.0 Å². The monoisotopic (exact) mass is 309 g/mol. The van der Waals surface area contributed by atoms with Crippen LogP contribution in [-0.4, -0.2) is 19.6 Å². The number of hydrogen-bond acceptors (Lipinski definition) is 4. The van der Waals surface area contributed by atoms with Crippen LogP contribution in [0.3, 0.4) is 0 Å². The van der Waals surface area contributed by atoms with E-state index in [0.29, 0.717) is 5.76 Å². The van der Waals surface area contributed by atoms with Gasteiger partial charge in [0, 0.05) is 6.04 Å². The third-order valence-electron chi connectivity index (χ3n) is 3.03. The number of aliphatic hydroxyl groups is 1. The van der Waals surface area contributed by atoms with E-state index >= 15 is 0 Å². The van der Waals surface area contributed by atoms with Crippen molar-refractivity contribution in [3.63, 3.8) is 0 Å². The minimum atomic E-state index is -3.44. The van der Waals surface area contributed by atoms with Crippen LogP contribution in [0.4, 0.5) is 0 Å². The maximum atomic E-state index is 12.1. The first kappa shape index (κ1) is 15.8. The molecule has 0 spiro atoms. The molecule has 0 aliphatic heterocycles. The first-order valence-electron chi connectivity index (χ1n) is 6.71.